The van der Waals surface area contributed by atoms with Crippen LogP contribution in [0.3, 0.4) is 0 Å². The number of aryl methyl sites for hydroxylation is 2. The molecule has 0 saturated heterocycles. The maximum Gasteiger partial charge on any atom is 0.230 e. The molecule has 0 aliphatic carbocycles. The van der Waals surface area contributed by atoms with Crippen LogP contribution in [0.15, 0.2) is 59.9 Å². The summed E-state index contributed by atoms with van der Waals surface area (Å²) in [6.45, 7) is 4.19. The maximum absolute atomic E-state index is 11.7. The highest BCUT2D eigenvalue weighted by Gasteiger charge is 2.16. The fourth-order valence-corrected chi connectivity index (χ4v) is 3.60. The number of thioether (sulfide) groups is 1. The van der Waals surface area contributed by atoms with Crippen LogP contribution in [0.4, 0.5) is 0 Å². The van der Waals surface area contributed by atoms with Gasteiger partial charge in [0.2, 0.25) is 5.91 Å². The highest BCUT2D eigenvalue weighted by Crippen LogP contribution is 2.31. The van der Waals surface area contributed by atoms with E-state index in [0.29, 0.717) is 5.75 Å². The van der Waals surface area contributed by atoms with E-state index >= 15 is 0 Å². The Hall–Kier alpha value is -2.53. The fourth-order valence-electron chi connectivity index (χ4n) is 2.74. The van der Waals surface area contributed by atoms with Gasteiger partial charge in [-0.15, -0.1) is 0 Å². The molecule has 0 aliphatic heterocycles. The Morgan fingerprint density at radius 3 is 2.60 bits per heavy atom. The van der Waals surface area contributed by atoms with Crippen molar-refractivity contribution in [2.24, 2.45) is 0 Å². The molecule has 0 aliphatic rings. The van der Waals surface area contributed by atoms with Gasteiger partial charge in [0.1, 0.15) is 0 Å². The van der Waals surface area contributed by atoms with Gasteiger partial charge in [-0.3, -0.25) is 9.36 Å². The minimum atomic E-state index is -0.0126. The second-order valence-electron chi connectivity index (χ2n) is 5.88. The van der Waals surface area contributed by atoms with Gasteiger partial charge in [-0.2, -0.15) is 0 Å². The predicted octanol–water partition coefficient (Wildman–Crippen LogP) is 3.99. The number of rotatable bonds is 5. The first kappa shape index (κ1) is 17.3. The third-order valence-electron chi connectivity index (χ3n) is 4.00. The number of carbonyl (C=O) groups excluding carboxylic acids is 1. The first-order valence-electron chi connectivity index (χ1n) is 8.14. The summed E-state index contributed by atoms with van der Waals surface area (Å²) in [6.07, 6.45) is 1.88. The highest BCUT2D eigenvalue weighted by molar-refractivity contribution is 7.99. The lowest BCUT2D eigenvalue weighted by molar-refractivity contribution is -0.118. The lowest BCUT2D eigenvalue weighted by Gasteiger charge is -2.15. The molecule has 0 fully saturated rings. The van der Waals surface area contributed by atoms with Gasteiger partial charge in [-0.05, 0) is 25.5 Å². The van der Waals surface area contributed by atoms with E-state index in [4.69, 9.17) is 0 Å². The number of hydrogen-bond acceptors (Lipinski definition) is 3. The summed E-state index contributed by atoms with van der Waals surface area (Å²) in [5.41, 5.74) is 5.61. The molecule has 0 radical (unpaired) electrons. The van der Waals surface area contributed by atoms with Gasteiger partial charge in [0.25, 0.3) is 0 Å². The Bertz CT molecular complexity index is 887. The first-order valence-corrected chi connectivity index (χ1v) is 9.13. The summed E-state index contributed by atoms with van der Waals surface area (Å²) < 4.78 is 2.14. The largest absolute Gasteiger partial charge is 0.358 e. The zero-order valence-electron chi connectivity index (χ0n) is 14.6. The maximum atomic E-state index is 11.7. The Kier molecular flexibility index (Phi) is 5.24. The third-order valence-corrected chi connectivity index (χ3v) is 4.96. The molecule has 0 bridgehead atoms. The van der Waals surface area contributed by atoms with Crippen molar-refractivity contribution in [3.05, 3.63) is 65.9 Å². The van der Waals surface area contributed by atoms with Crippen LogP contribution in [-0.2, 0) is 4.79 Å². The summed E-state index contributed by atoms with van der Waals surface area (Å²) in [6, 6.07) is 16.6. The number of imidazole rings is 1. The van der Waals surface area contributed by atoms with E-state index in [1.54, 1.807) is 7.05 Å². The third kappa shape index (κ3) is 3.77. The molecule has 0 saturated carbocycles. The SMILES string of the molecule is CNC(=O)CSc1ncc(-c2ccccc2)n1-c1ccc(C)cc1C. The van der Waals surface area contributed by atoms with Gasteiger partial charge >= 0.3 is 0 Å². The lowest BCUT2D eigenvalue weighted by Crippen LogP contribution is -2.20. The predicted molar refractivity (Wildman–Crippen MR) is 103 cm³/mol. The lowest BCUT2D eigenvalue weighted by atomic mass is 10.1. The van der Waals surface area contributed by atoms with Gasteiger partial charge in [-0.1, -0.05) is 59.8 Å². The fraction of sp³-hybridized carbons (Fsp3) is 0.200. The summed E-state index contributed by atoms with van der Waals surface area (Å²) >= 11 is 1.44. The average molecular weight is 351 g/mol. The average Bonchev–Trinajstić information content (AvgIpc) is 3.04. The smallest absolute Gasteiger partial charge is 0.230 e. The van der Waals surface area contributed by atoms with E-state index in [-0.39, 0.29) is 5.91 Å². The Morgan fingerprint density at radius 2 is 1.92 bits per heavy atom. The molecule has 2 aromatic carbocycles. The van der Waals surface area contributed by atoms with Crippen LogP contribution in [0.1, 0.15) is 11.1 Å². The van der Waals surface area contributed by atoms with E-state index in [1.807, 2.05) is 24.4 Å². The zero-order valence-corrected chi connectivity index (χ0v) is 15.4. The molecule has 128 valence electrons. The number of hydrogen-bond donors (Lipinski definition) is 1. The number of nitrogens with zero attached hydrogens (tertiary/aromatic N) is 2. The molecular formula is C20H21N3OS. The Morgan fingerprint density at radius 1 is 1.16 bits per heavy atom. The van der Waals surface area contributed by atoms with Crippen molar-refractivity contribution in [2.75, 3.05) is 12.8 Å². The van der Waals surface area contributed by atoms with Gasteiger partial charge < -0.3 is 5.32 Å². The van der Waals surface area contributed by atoms with E-state index in [2.05, 4.69) is 59.0 Å². The number of carbonyl (C=O) groups is 1. The van der Waals surface area contributed by atoms with Crippen molar-refractivity contribution < 1.29 is 4.79 Å². The van der Waals surface area contributed by atoms with Crippen LogP contribution >= 0.6 is 11.8 Å². The highest BCUT2D eigenvalue weighted by atomic mass is 32.2. The molecule has 0 unspecified atom stereocenters. The molecule has 5 heteroatoms. The molecule has 25 heavy (non-hydrogen) atoms. The van der Waals surface area contributed by atoms with Gasteiger partial charge in [0.15, 0.2) is 5.16 Å². The number of amides is 1. The molecule has 4 nitrogen and oxygen atoms in total. The molecular weight excluding hydrogens is 330 g/mol. The van der Waals surface area contributed by atoms with Gasteiger partial charge in [0.05, 0.1) is 23.3 Å². The second-order valence-corrected chi connectivity index (χ2v) is 6.82. The van der Waals surface area contributed by atoms with E-state index in [9.17, 15) is 4.79 Å². The summed E-state index contributed by atoms with van der Waals surface area (Å²) in [5.74, 6) is 0.327. The zero-order chi connectivity index (χ0) is 17.8. The minimum Gasteiger partial charge on any atom is -0.358 e. The molecule has 0 atom stereocenters. The molecule has 1 heterocycles. The Labute approximate surface area is 152 Å². The van der Waals surface area contributed by atoms with Crippen molar-refractivity contribution in [2.45, 2.75) is 19.0 Å². The molecule has 0 spiro atoms. The van der Waals surface area contributed by atoms with Crippen molar-refractivity contribution in [3.63, 3.8) is 0 Å². The summed E-state index contributed by atoms with van der Waals surface area (Å²) in [7, 11) is 1.65. The molecule has 3 rings (SSSR count). The van der Waals surface area contributed by atoms with Crippen LogP contribution in [-0.4, -0.2) is 28.3 Å². The number of nitrogens with one attached hydrogen (secondary N) is 1. The topological polar surface area (TPSA) is 46.9 Å². The van der Waals surface area contributed by atoms with E-state index in [0.717, 1.165) is 22.1 Å². The minimum absolute atomic E-state index is 0.0126. The van der Waals surface area contributed by atoms with Gasteiger partial charge in [0, 0.05) is 12.6 Å². The van der Waals surface area contributed by atoms with Crippen molar-refractivity contribution in [1.82, 2.24) is 14.9 Å². The molecule has 1 N–H and O–H groups in total. The first-order chi connectivity index (χ1) is 12.1. The standard InChI is InChI=1S/C20H21N3OS/c1-14-9-10-17(15(2)11-14)23-18(16-7-5-4-6-8-16)12-22-20(23)25-13-19(24)21-3/h4-12H,13H2,1-3H3,(H,21,24). The Balaban J connectivity index is 2.11. The summed E-state index contributed by atoms with van der Waals surface area (Å²) in [5, 5.41) is 3.47. The molecule has 1 aromatic heterocycles. The number of aromatic nitrogens is 2. The summed E-state index contributed by atoms with van der Waals surface area (Å²) in [4.78, 5) is 16.2. The monoisotopic (exact) mass is 351 g/mol. The van der Waals surface area contributed by atoms with Crippen LogP contribution < -0.4 is 5.32 Å². The van der Waals surface area contributed by atoms with Crippen molar-refractivity contribution >= 4 is 17.7 Å². The number of benzene rings is 2. The second kappa shape index (κ2) is 7.57. The van der Waals surface area contributed by atoms with E-state index in [1.165, 1.54) is 22.9 Å². The van der Waals surface area contributed by atoms with Crippen LogP contribution in [0.2, 0.25) is 0 Å². The quantitative estimate of drug-likeness (QED) is 0.707. The van der Waals surface area contributed by atoms with Gasteiger partial charge in [-0.25, -0.2) is 4.98 Å². The molecule has 3 aromatic rings. The van der Waals surface area contributed by atoms with Crippen LogP contribution in [0.25, 0.3) is 16.9 Å². The van der Waals surface area contributed by atoms with Crippen LogP contribution in [0.5, 0.6) is 0 Å². The van der Waals surface area contributed by atoms with Crippen molar-refractivity contribution in [3.8, 4) is 16.9 Å². The van der Waals surface area contributed by atoms with Crippen molar-refractivity contribution in [1.29, 1.82) is 0 Å². The van der Waals surface area contributed by atoms with E-state index < -0.39 is 0 Å². The van der Waals surface area contributed by atoms with Crippen LogP contribution in [0, 0.1) is 13.8 Å². The molecule has 1 amide bonds. The normalized spacial score (nSPS) is 10.7.